The van der Waals surface area contributed by atoms with Crippen molar-refractivity contribution >= 4 is 33.6 Å². The predicted molar refractivity (Wildman–Crippen MR) is 82.2 cm³/mol. The average Bonchev–Trinajstić information content (AvgIpc) is 2.37. The van der Waals surface area contributed by atoms with Gasteiger partial charge in [-0.1, -0.05) is 36.7 Å². The number of carboxylic acid groups (broad SMARTS) is 1. The van der Waals surface area contributed by atoms with E-state index in [1.54, 1.807) is 12.1 Å². The Bertz CT molecular complexity index is 503. The van der Waals surface area contributed by atoms with Gasteiger partial charge < -0.3 is 15.7 Å². The summed E-state index contributed by atoms with van der Waals surface area (Å²) in [6.45, 7) is 6.04. The molecule has 20 heavy (non-hydrogen) atoms. The predicted octanol–water partition coefficient (Wildman–Crippen LogP) is 3.70. The maximum atomic E-state index is 11.9. The van der Waals surface area contributed by atoms with Crippen molar-refractivity contribution in [3.05, 3.63) is 28.2 Å². The Morgan fingerprint density at radius 2 is 2.00 bits per heavy atom. The van der Waals surface area contributed by atoms with E-state index in [0.29, 0.717) is 10.4 Å². The van der Waals surface area contributed by atoms with E-state index >= 15 is 0 Å². The lowest BCUT2D eigenvalue weighted by atomic mass is 10.0. The van der Waals surface area contributed by atoms with Crippen molar-refractivity contribution in [3.63, 3.8) is 0 Å². The molecule has 0 aromatic heterocycles. The summed E-state index contributed by atoms with van der Waals surface area (Å²) in [5, 5.41) is 14.6. The standard InChI is InChI=1S/C14H19BrN2O3/c1-4-11(8(2)3)16-14(20)17-12-6-5-9(15)7-10(12)13(18)19/h5-8,11H,4H2,1-3H3,(H,18,19)(H2,16,17,20). The van der Waals surface area contributed by atoms with Crippen LogP contribution in [-0.4, -0.2) is 23.1 Å². The number of anilines is 1. The zero-order valence-electron chi connectivity index (χ0n) is 11.7. The minimum atomic E-state index is -1.09. The van der Waals surface area contributed by atoms with Crippen LogP contribution in [0.5, 0.6) is 0 Å². The van der Waals surface area contributed by atoms with E-state index in [2.05, 4.69) is 26.6 Å². The molecule has 1 unspecified atom stereocenters. The molecular formula is C14H19BrN2O3. The summed E-state index contributed by atoms with van der Waals surface area (Å²) in [7, 11) is 0. The summed E-state index contributed by atoms with van der Waals surface area (Å²) in [5.41, 5.74) is 0.323. The molecule has 0 aliphatic heterocycles. The number of benzene rings is 1. The van der Waals surface area contributed by atoms with Gasteiger partial charge in [-0.2, -0.15) is 0 Å². The van der Waals surface area contributed by atoms with Gasteiger partial charge in [0.2, 0.25) is 0 Å². The maximum absolute atomic E-state index is 11.9. The first-order valence-electron chi connectivity index (χ1n) is 6.45. The van der Waals surface area contributed by atoms with E-state index in [4.69, 9.17) is 5.11 Å². The maximum Gasteiger partial charge on any atom is 0.337 e. The van der Waals surface area contributed by atoms with Crippen molar-refractivity contribution in [1.29, 1.82) is 0 Å². The second kappa shape index (κ2) is 7.28. The second-order valence-corrected chi connectivity index (χ2v) is 5.77. The molecule has 0 saturated heterocycles. The molecule has 3 N–H and O–H groups in total. The molecule has 6 heteroatoms. The van der Waals surface area contributed by atoms with Crippen molar-refractivity contribution in [2.45, 2.75) is 33.2 Å². The highest BCUT2D eigenvalue weighted by Crippen LogP contribution is 2.21. The number of nitrogens with one attached hydrogen (secondary N) is 2. The minimum absolute atomic E-state index is 0.0483. The van der Waals surface area contributed by atoms with Crippen molar-refractivity contribution in [2.75, 3.05) is 5.32 Å². The summed E-state index contributed by atoms with van der Waals surface area (Å²) >= 11 is 3.21. The van der Waals surface area contributed by atoms with Crippen molar-refractivity contribution in [3.8, 4) is 0 Å². The Balaban J connectivity index is 2.83. The summed E-state index contributed by atoms with van der Waals surface area (Å²) in [6, 6.07) is 4.36. The second-order valence-electron chi connectivity index (χ2n) is 4.85. The molecule has 1 atom stereocenters. The van der Waals surface area contributed by atoms with E-state index in [1.807, 2.05) is 20.8 Å². The number of urea groups is 1. The van der Waals surface area contributed by atoms with Crippen LogP contribution in [0, 0.1) is 5.92 Å². The number of aromatic carboxylic acids is 1. The summed E-state index contributed by atoms with van der Waals surface area (Å²) in [4.78, 5) is 23.1. The largest absolute Gasteiger partial charge is 0.478 e. The number of amides is 2. The highest BCUT2D eigenvalue weighted by Gasteiger charge is 2.16. The molecule has 0 saturated carbocycles. The number of carbonyl (C=O) groups is 2. The first-order valence-corrected chi connectivity index (χ1v) is 7.24. The lowest BCUT2D eigenvalue weighted by Gasteiger charge is -2.21. The van der Waals surface area contributed by atoms with Gasteiger partial charge in [0.15, 0.2) is 0 Å². The Morgan fingerprint density at radius 1 is 1.35 bits per heavy atom. The molecule has 0 fully saturated rings. The molecule has 0 aliphatic carbocycles. The summed E-state index contributed by atoms with van der Waals surface area (Å²) in [6.07, 6.45) is 0.817. The van der Waals surface area contributed by atoms with Gasteiger partial charge in [-0.05, 0) is 30.5 Å². The average molecular weight is 343 g/mol. The van der Waals surface area contributed by atoms with Crippen LogP contribution in [-0.2, 0) is 0 Å². The third kappa shape index (κ3) is 4.52. The number of rotatable bonds is 5. The van der Waals surface area contributed by atoms with E-state index in [1.165, 1.54) is 6.07 Å². The first-order chi connectivity index (χ1) is 9.35. The normalized spacial score (nSPS) is 12.1. The monoisotopic (exact) mass is 342 g/mol. The van der Waals surface area contributed by atoms with Crippen LogP contribution >= 0.6 is 15.9 Å². The molecule has 5 nitrogen and oxygen atoms in total. The van der Waals surface area contributed by atoms with E-state index in [-0.39, 0.29) is 17.3 Å². The quantitative estimate of drug-likeness (QED) is 0.763. The Labute approximate surface area is 126 Å². The highest BCUT2D eigenvalue weighted by atomic mass is 79.9. The molecule has 1 aromatic rings. The fourth-order valence-electron chi connectivity index (χ4n) is 1.87. The van der Waals surface area contributed by atoms with Gasteiger partial charge in [-0.25, -0.2) is 9.59 Å². The molecule has 1 aromatic carbocycles. The van der Waals surface area contributed by atoms with E-state index in [0.717, 1.165) is 6.42 Å². The van der Waals surface area contributed by atoms with Gasteiger partial charge in [0.1, 0.15) is 0 Å². The molecular weight excluding hydrogens is 324 g/mol. The third-order valence-electron chi connectivity index (χ3n) is 3.02. The van der Waals surface area contributed by atoms with Gasteiger partial charge in [0, 0.05) is 10.5 Å². The van der Waals surface area contributed by atoms with E-state index in [9.17, 15) is 9.59 Å². The van der Waals surface area contributed by atoms with Gasteiger partial charge in [-0.3, -0.25) is 0 Å². The van der Waals surface area contributed by atoms with Crippen LogP contribution in [0.3, 0.4) is 0 Å². The number of hydrogen-bond donors (Lipinski definition) is 3. The molecule has 1 rings (SSSR count). The molecule has 0 radical (unpaired) electrons. The molecule has 110 valence electrons. The van der Waals surface area contributed by atoms with Crippen molar-refractivity contribution in [1.82, 2.24) is 5.32 Å². The van der Waals surface area contributed by atoms with Crippen LogP contribution in [0.2, 0.25) is 0 Å². The Kier molecular flexibility index (Phi) is 6.01. The lowest BCUT2D eigenvalue weighted by molar-refractivity contribution is 0.0698. The fraction of sp³-hybridized carbons (Fsp3) is 0.429. The molecule has 0 aliphatic rings. The number of carboxylic acids is 1. The zero-order chi connectivity index (χ0) is 15.3. The smallest absolute Gasteiger partial charge is 0.337 e. The van der Waals surface area contributed by atoms with Crippen LogP contribution < -0.4 is 10.6 Å². The lowest BCUT2D eigenvalue weighted by Crippen LogP contribution is -2.40. The Hall–Kier alpha value is -1.56. The van der Waals surface area contributed by atoms with Crippen molar-refractivity contribution < 1.29 is 14.7 Å². The van der Waals surface area contributed by atoms with Gasteiger partial charge in [0.05, 0.1) is 11.3 Å². The zero-order valence-corrected chi connectivity index (χ0v) is 13.3. The fourth-order valence-corrected chi connectivity index (χ4v) is 2.23. The van der Waals surface area contributed by atoms with Crippen LogP contribution in [0.4, 0.5) is 10.5 Å². The molecule has 0 heterocycles. The van der Waals surface area contributed by atoms with Gasteiger partial charge in [-0.15, -0.1) is 0 Å². The number of halogens is 1. The van der Waals surface area contributed by atoms with E-state index < -0.39 is 12.0 Å². The van der Waals surface area contributed by atoms with Crippen LogP contribution in [0.15, 0.2) is 22.7 Å². The highest BCUT2D eigenvalue weighted by molar-refractivity contribution is 9.10. The van der Waals surface area contributed by atoms with Gasteiger partial charge in [0.25, 0.3) is 0 Å². The summed E-state index contributed by atoms with van der Waals surface area (Å²) in [5.74, 6) is -0.771. The van der Waals surface area contributed by atoms with Gasteiger partial charge >= 0.3 is 12.0 Å². The minimum Gasteiger partial charge on any atom is -0.478 e. The SMILES string of the molecule is CCC(NC(=O)Nc1ccc(Br)cc1C(=O)O)C(C)C. The number of hydrogen-bond acceptors (Lipinski definition) is 2. The topological polar surface area (TPSA) is 78.4 Å². The Morgan fingerprint density at radius 3 is 2.50 bits per heavy atom. The van der Waals surface area contributed by atoms with Crippen LogP contribution in [0.1, 0.15) is 37.6 Å². The molecule has 0 spiro atoms. The van der Waals surface area contributed by atoms with Crippen molar-refractivity contribution in [2.24, 2.45) is 5.92 Å². The first kappa shape index (κ1) is 16.5. The number of carbonyl (C=O) groups excluding carboxylic acids is 1. The molecule has 0 bridgehead atoms. The third-order valence-corrected chi connectivity index (χ3v) is 3.51. The summed E-state index contributed by atoms with van der Waals surface area (Å²) < 4.78 is 0.648. The van der Waals surface area contributed by atoms with Crippen LogP contribution in [0.25, 0.3) is 0 Å². The molecule has 2 amide bonds.